The zero-order chi connectivity index (χ0) is 15.5. The van der Waals surface area contributed by atoms with Crippen molar-refractivity contribution in [3.05, 3.63) is 29.8 Å². The van der Waals surface area contributed by atoms with Crippen LogP contribution in [0.1, 0.15) is 23.2 Å². The van der Waals surface area contributed by atoms with Crippen LogP contribution in [-0.4, -0.2) is 47.8 Å². The Morgan fingerprint density at radius 1 is 1.29 bits per heavy atom. The van der Waals surface area contributed by atoms with Crippen molar-refractivity contribution in [3.63, 3.8) is 0 Å². The lowest BCUT2D eigenvalue weighted by Crippen LogP contribution is -2.49. The molecule has 1 saturated heterocycles. The van der Waals surface area contributed by atoms with Crippen LogP contribution in [0.2, 0.25) is 0 Å². The van der Waals surface area contributed by atoms with Crippen LogP contribution in [0, 0.1) is 0 Å². The summed E-state index contributed by atoms with van der Waals surface area (Å²) in [5, 5.41) is 12.7. The summed E-state index contributed by atoms with van der Waals surface area (Å²) < 4.78 is 38.3. The van der Waals surface area contributed by atoms with Crippen LogP contribution in [0.3, 0.4) is 0 Å². The average Bonchev–Trinajstić information content (AvgIpc) is 2.45. The van der Waals surface area contributed by atoms with Crippen molar-refractivity contribution in [3.8, 4) is 5.75 Å². The minimum absolute atomic E-state index is 0.0970. The number of rotatable bonds is 3. The third-order valence-electron chi connectivity index (χ3n) is 3.49. The van der Waals surface area contributed by atoms with Gasteiger partial charge in [0, 0.05) is 6.04 Å². The van der Waals surface area contributed by atoms with Gasteiger partial charge in [-0.1, -0.05) is 12.1 Å². The van der Waals surface area contributed by atoms with Crippen molar-refractivity contribution in [2.24, 2.45) is 0 Å². The Kier molecular flexibility index (Phi) is 4.72. The molecule has 7 heteroatoms. The van der Waals surface area contributed by atoms with E-state index in [1.165, 1.54) is 24.3 Å². The van der Waals surface area contributed by atoms with Gasteiger partial charge in [0.15, 0.2) is 0 Å². The monoisotopic (exact) mass is 302 g/mol. The molecule has 1 heterocycles. The summed E-state index contributed by atoms with van der Waals surface area (Å²) in [7, 11) is 0. The fourth-order valence-corrected chi connectivity index (χ4v) is 2.49. The van der Waals surface area contributed by atoms with Crippen LogP contribution in [-0.2, 0) is 0 Å². The Balaban J connectivity index is 2.25. The number of hydrogen-bond donors (Lipinski definition) is 2. The summed E-state index contributed by atoms with van der Waals surface area (Å²) in [6.45, 7) is -0.148. The molecule has 116 valence electrons. The highest BCUT2D eigenvalue weighted by Gasteiger charge is 2.37. The van der Waals surface area contributed by atoms with Crippen LogP contribution in [0.4, 0.5) is 13.2 Å². The van der Waals surface area contributed by atoms with Gasteiger partial charge in [-0.15, -0.1) is 0 Å². The number of phenols is 1. The first-order valence-corrected chi connectivity index (χ1v) is 6.75. The number of alkyl halides is 3. The second-order valence-electron chi connectivity index (χ2n) is 5.05. The molecule has 0 bridgehead atoms. The number of benzene rings is 1. The Bertz CT molecular complexity index is 499. The molecule has 1 aromatic carbocycles. The first-order chi connectivity index (χ1) is 9.88. The molecular formula is C14H17F3N2O2. The first kappa shape index (κ1) is 15.6. The number of nitrogens with one attached hydrogen (secondary N) is 1. The Morgan fingerprint density at radius 3 is 2.48 bits per heavy atom. The number of halogens is 3. The molecule has 1 fully saturated rings. The van der Waals surface area contributed by atoms with Crippen molar-refractivity contribution >= 4 is 5.91 Å². The number of hydrogen-bond acceptors (Lipinski definition) is 3. The van der Waals surface area contributed by atoms with Gasteiger partial charge in [-0.2, -0.15) is 13.2 Å². The van der Waals surface area contributed by atoms with E-state index in [9.17, 15) is 23.1 Å². The predicted octanol–water partition coefficient (Wildman–Crippen LogP) is 2.15. The van der Waals surface area contributed by atoms with E-state index in [-0.39, 0.29) is 11.3 Å². The lowest BCUT2D eigenvalue weighted by Gasteiger charge is -2.35. The largest absolute Gasteiger partial charge is 0.507 e. The third-order valence-corrected chi connectivity index (χ3v) is 3.49. The zero-order valence-corrected chi connectivity index (χ0v) is 11.4. The van der Waals surface area contributed by atoms with Crippen molar-refractivity contribution in [2.75, 3.05) is 19.6 Å². The maximum atomic E-state index is 12.8. The van der Waals surface area contributed by atoms with Crippen LogP contribution < -0.4 is 5.32 Å². The molecule has 4 nitrogen and oxygen atoms in total. The summed E-state index contributed by atoms with van der Waals surface area (Å²) >= 11 is 0. The van der Waals surface area contributed by atoms with Gasteiger partial charge in [0.05, 0.1) is 5.56 Å². The average molecular weight is 302 g/mol. The van der Waals surface area contributed by atoms with E-state index in [0.29, 0.717) is 25.9 Å². The molecule has 2 N–H and O–H groups in total. The fraction of sp³-hybridized carbons (Fsp3) is 0.500. The lowest BCUT2D eigenvalue weighted by molar-refractivity contribution is -0.145. The standard InChI is InChI=1S/C14H17F3N2O2/c15-14(16,17)9-19(10-5-7-18-8-6-10)13(21)11-3-1-2-4-12(11)20/h1-4,10,18,20H,5-9H2. The molecule has 0 unspecified atom stereocenters. The number of carbonyl (C=O) groups excluding carboxylic acids is 1. The molecule has 0 radical (unpaired) electrons. The minimum Gasteiger partial charge on any atom is -0.507 e. The van der Waals surface area contributed by atoms with Gasteiger partial charge >= 0.3 is 6.18 Å². The quantitative estimate of drug-likeness (QED) is 0.899. The highest BCUT2D eigenvalue weighted by Crippen LogP contribution is 2.25. The van der Waals surface area contributed by atoms with Crippen molar-refractivity contribution < 1.29 is 23.1 Å². The zero-order valence-electron chi connectivity index (χ0n) is 11.4. The molecule has 0 spiro atoms. The van der Waals surface area contributed by atoms with Gasteiger partial charge in [-0.25, -0.2) is 0 Å². The predicted molar refractivity (Wildman–Crippen MR) is 71.1 cm³/mol. The summed E-state index contributed by atoms with van der Waals surface area (Å²) in [6, 6.07) is 5.19. The highest BCUT2D eigenvalue weighted by atomic mass is 19.4. The molecule has 21 heavy (non-hydrogen) atoms. The van der Waals surface area contributed by atoms with E-state index in [4.69, 9.17) is 0 Å². The Morgan fingerprint density at radius 2 is 1.90 bits per heavy atom. The van der Waals surface area contributed by atoms with Gasteiger partial charge in [0.2, 0.25) is 0 Å². The van der Waals surface area contributed by atoms with Gasteiger partial charge in [0.25, 0.3) is 5.91 Å². The number of piperidine rings is 1. The number of carbonyl (C=O) groups is 1. The molecule has 1 aromatic rings. The van der Waals surface area contributed by atoms with Gasteiger partial charge in [0.1, 0.15) is 12.3 Å². The maximum Gasteiger partial charge on any atom is 0.406 e. The van der Waals surface area contributed by atoms with E-state index >= 15 is 0 Å². The second-order valence-corrected chi connectivity index (χ2v) is 5.05. The van der Waals surface area contributed by atoms with E-state index in [1.54, 1.807) is 0 Å². The molecule has 2 rings (SSSR count). The second kappa shape index (κ2) is 6.34. The Labute approximate surface area is 120 Å². The van der Waals surface area contributed by atoms with Gasteiger partial charge < -0.3 is 15.3 Å². The molecule has 0 aliphatic carbocycles. The highest BCUT2D eigenvalue weighted by molar-refractivity contribution is 5.97. The molecule has 1 amide bonds. The number of phenolic OH excluding ortho intramolecular Hbond substituents is 1. The van der Waals surface area contributed by atoms with Gasteiger partial charge in [-0.3, -0.25) is 4.79 Å². The van der Waals surface area contributed by atoms with Crippen LogP contribution in [0.15, 0.2) is 24.3 Å². The molecule has 0 aromatic heterocycles. The van der Waals surface area contributed by atoms with E-state index < -0.39 is 24.7 Å². The topological polar surface area (TPSA) is 52.6 Å². The molecular weight excluding hydrogens is 285 g/mol. The van der Waals surface area contributed by atoms with Crippen LogP contribution in [0.25, 0.3) is 0 Å². The molecule has 1 aliphatic heterocycles. The minimum atomic E-state index is -4.47. The van der Waals surface area contributed by atoms with E-state index in [2.05, 4.69) is 5.32 Å². The number of nitrogens with zero attached hydrogens (tertiary/aromatic N) is 1. The summed E-state index contributed by atoms with van der Waals surface area (Å²) in [6.07, 6.45) is -3.53. The van der Waals surface area contributed by atoms with Gasteiger partial charge in [-0.05, 0) is 38.1 Å². The van der Waals surface area contributed by atoms with Crippen molar-refractivity contribution in [1.29, 1.82) is 0 Å². The number of para-hydroxylation sites is 1. The maximum absolute atomic E-state index is 12.8. The molecule has 1 aliphatic rings. The van der Waals surface area contributed by atoms with E-state index in [1.807, 2.05) is 0 Å². The Hall–Kier alpha value is -1.76. The molecule has 0 atom stereocenters. The van der Waals surface area contributed by atoms with Crippen LogP contribution in [0.5, 0.6) is 5.75 Å². The normalized spacial score (nSPS) is 16.7. The third kappa shape index (κ3) is 4.10. The fourth-order valence-electron chi connectivity index (χ4n) is 2.49. The van der Waals surface area contributed by atoms with E-state index in [0.717, 1.165) is 4.90 Å². The molecule has 0 saturated carbocycles. The SMILES string of the molecule is O=C(c1ccccc1O)N(CC(F)(F)F)C1CCNCC1. The summed E-state index contributed by atoms with van der Waals surface area (Å²) in [5.74, 6) is -1.08. The lowest BCUT2D eigenvalue weighted by atomic mass is 10.0. The van der Waals surface area contributed by atoms with Crippen molar-refractivity contribution in [2.45, 2.75) is 25.1 Å². The van der Waals surface area contributed by atoms with Crippen molar-refractivity contribution in [1.82, 2.24) is 10.2 Å². The smallest absolute Gasteiger partial charge is 0.406 e. The number of aromatic hydroxyl groups is 1. The first-order valence-electron chi connectivity index (χ1n) is 6.75. The number of amides is 1. The summed E-state index contributed by atoms with van der Waals surface area (Å²) in [4.78, 5) is 13.2. The van der Waals surface area contributed by atoms with Crippen LogP contribution >= 0.6 is 0 Å². The summed E-state index contributed by atoms with van der Waals surface area (Å²) in [5.41, 5.74) is -0.0970.